The molecule has 0 radical (unpaired) electrons. The van der Waals surface area contributed by atoms with Gasteiger partial charge in [-0.05, 0) is 42.9 Å². The van der Waals surface area contributed by atoms with Crippen LogP contribution < -0.4 is 4.74 Å². The molecule has 0 spiro atoms. The van der Waals surface area contributed by atoms with Crippen LogP contribution in [-0.4, -0.2) is 6.10 Å². The summed E-state index contributed by atoms with van der Waals surface area (Å²) >= 11 is 6.19. The second-order valence-electron chi connectivity index (χ2n) is 5.92. The number of hydrogen-bond acceptors (Lipinski definition) is 1. The third kappa shape index (κ3) is 5.29. The molecule has 21 heavy (non-hydrogen) atoms. The summed E-state index contributed by atoms with van der Waals surface area (Å²) in [6.45, 7) is 8.81. The normalized spacial score (nSPS) is 24.5. The largest absolute Gasteiger partial charge is 0.489 e. The van der Waals surface area contributed by atoms with E-state index in [2.05, 4.69) is 33.6 Å². The van der Waals surface area contributed by atoms with Gasteiger partial charge in [-0.2, -0.15) is 0 Å². The second kappa shape index (κ2) is 9.00. The molecular formula is C19H27ClO. The molecule has 0 saturated heterocycles. The summed E-state index contributed by atoms with van der Waals surface area (Å²) < 4.78 is 6.07. The maximum absolute atomic E-state index is 6.19. The molecule has 3 unspecified atom stereocenters. The average Bonchev–Trinajstić information content (AvgIpc) is 2.46. The Kier molecular flexibility index (Phi) is 7.68. The second-order valence-corrected chi connectivity index (χ2v) is 6.33. The molecule has 1 aliphatic rings. The first kappa shape index (κ1) is 17.9. The first-order valence-corrected chi connectivity index (χ1v) is 8.34. The Bertz CT molecular complexity index is 475. The molecule has 116 valence electrons. The van der Waals surface area contributed by atoms with E-state index < -0.39 is 0 Å². The SMILES string of the molecule is C#Cc1ccc(OC2CCCC(C)C2C)c(Cl)c1.CCC. The van der Waals surface area contributed by atoms with Gasteiger partial charge in [0, 0.05) is 5.56 Å². The quantitative estimate of drug-likeness (QED) is 0.614. The highest BCUT2D eigenvalue weighted by Gasteiger charge is 2.28. The number of ether oxygens (including phenoxy) is 1. The van der Waals surface area contributed by atoms with E-state index in [1.807, 2.05) is 12.1 Å². The van der Waals surface area contributed by atoms with Crippen LogP contribution in [0.5, 0.6) is 5.75 Å². The molecule has 1 aromatic carbocycles. The molecule has 0 N–H and O–H groups in total. The molecule has 1 saturated carbocycles. The van der Waals surface area contributed by atoms with Crippen LogP contribution in [0.4, 0.5) is 0 Å². The van der Waals surface area contributed by atoms with Crippen LogP contribution in [0.25, 0.3) is 0 Å². The highest BCUT2D eigenvalue weighted by molar-refractivity contribution is 6.32. The number of rotatable bonds is 2. The van der Waals surface area contributed by atoms with Gasteiger partial charge in [0.05, 0.1) is 5.02 Å². The zero-order valence-electron chi connectivity index (χ0n) is 13.7. The van der Waals surface area contributed by atoms with Crippen molar-refractivity contribution >= 4 is 11.6 Å². The molecule has 1 nitrogen and oxygen atoms in total. The Labute approximate surface area is 135 Å². The van der Waals surface area contributed by atoms with E-state index in [9.17, 15) is 0 Å². The number of hydrogen-bond donors (Lipinski definition) is 0. The van der Waals surface area contributed by atoms with Gasteiger partial charge >= 0.3 is 0 Å². The smallest absolute Gasteiger partial charge is 0.138 e. The lowest BCUT2D eigenvalue weighted by Crippen LogP contribution is -2.33. The molecule has 3 atom stereocenters. The third-order valence-corrected chi connectivity index (χ3v) is 4.30. The summed E-state index contributed by atoms with van der Waals surface area (Å²) in [5, 5.41) is 0.607. The molecule has 0 heterocycles. The zero-order valence-corrected chi connectivity index (χ0v) is 14.4. The van der Waals surface area contributed by atoms with E-state index in [4.69, 9.17) is 22.8 Å². The Balaban J connectivity index is 0.000000677. The molecule has 0 aromatic heterocycles. The molecule has 0 bridgehead atoms. The molecule has 1 aromatic rings. The van der Waals surface area contributed by atoms with Crippen molar-refractivity contribution in [1.29, 1.82) is 0 Å². The monoisotopic (exact) mass is 306 g/mol. The zero-order chi connectivity index (χ0) is 15.8. The molecule has 2 rings (SSSR count). The predicted octanol–water partition coefficient (Wildman–Crippen LogP) is 5.94. The molecule has 2 heteroatoms. The van der Waals surface area contributed by atoms with Gasteiger partial charge in [-0.15, -0.1) is 6.42 Å². The number of benzene rings is 1. The van der Waals surface area contributed by atoms with Crippen LogP contribution in [0.1, 0.15) is 58.9 Å². The van der Waals surface area contributed by atoms with Crippen molar-refractivity contribution in [3.63, 3.8) is 0 Å². The van der Waals surface area contributed by atoms with Gasteiger partial charge < -0.3 is 4.74 Å². The first-order valence-electron chi connectivity index (χ1n) is 7.96. The summed E-state index contributed by atoms with van der Waals surface area (Å²) in [5.74, 6) is 4.61. The van der Waals surface area contributed by atoms with Crippen molar-refractivity contribution in [1.82, 2.24) is 0 Å². The lowest BCUT2D eigenvalue weighted by Gasteiger charge is -2.34. The minimum absolute atomic E-state index is 0.267. The summed E-state index contributed by atoms with van der Waals surface area (Å²) in [7, 11) is 0. The molecule has 1 fully saturated rings. The van der Waals surface area contributed by atoms with E-state index in [0.29, 0.717) is 16.9 Å². The maximum atomic E-state index is 6.19. The van der Waals surface area contributed by atoms with Gasteiger partial charge in [-0.3, -0.25) is 0 Å². The van der Waals surface area contributed by atoms with Crippen molar-refractivity contribution in [2.24, 2.45) is 11.8 Å². The fraction of sp³-hybridized carbons (Fsp3) is 0.579. The van der Waals surface area contributed by atoms with E-state index >= 15 is 0 Å². The molecule has 1 aliphatic carbocycles. The van der Waals surface area contributed by atoms with Gasteiger partial charge in [-0.25, -0.2) is 0 Å². The van der Waals surface area contributed by atoms with Crippen molar-refractivity contribution in [2.75, 3.05) is 0 Å². The standard InChI is InChI=1S/C16H19ClO.C3H8/c1-4-13-8-9-16(14(17)10-13)18-15-7-5-6-11(2)12(15)3;1-3-2/h1,8-12,15H,5-7H2,2-3H3;3H2,1-2H3. The fourth-order valence-corrected chi connectivity index (χ4v) is 2.77. The van der Waals surface area contributed by atoms with Gasteiger partial charge in [0.25, 0.3) is 0 Å². The third-order valence-electron chi connectivity index (χ3n) is 4.01. The van der Waals surface area contributed by atoms with Crippen LogP contribution in [-0.2, 0) is 0 Å². The summed E-state index contributed by atoms with van der Waals surface area (Å²) in [6, 6.07) is 5.54. The van der Waals surface area contributed by atoms with E-state index in [1.54, 1.807) is 6.07 Å². The summed E-state index contributed by atoms with van der Waals surface area (Å²) in [6.07, 6.45) is 10.5. The van der Waals surface area contributed by atoms with Crippen molar-refractivity contribution in [3.8, 4) is 18.1 Å². The van der Waals surface area contributed by atoms with Crippen LogP contribution in [0.3, 0.4) is 0 Å². The van der Waals surface area contributed by atoms with Crippen LogP contribution in [0, 0.1) is 24.2 Å². The van der Waals surface area contributed by atoms with Crippen LogP contribution >= 0.6 is 11.6 Å². The van der Waals surface area contributed by atoms with Crippen LogP contribution in [0.2, 0.25) is 5.02 Å². The van der Waals surface area contributed by atoms with E-state index in [1.165, 1.54) is 19.3 Å². The first-order chi connectivity index (χ1) is 10.0. The predicted molar refractivity (Wildman–Crippen MR) is 91.9 cm³/mol. The highest BCUT2D eigenvalue weighted by Crippen LogP contribution is 2.34. The van der Waals surface area contributed by atoms with Gasteiger partial charge in [0.2, 0.25) is 0 Å². The summed E-state index contributed by atoms with van der Waals surface area (Å²) in [5.41, 5.74) is 0.789. The Morgan fingerprint density at radius 3 is 2.52 bits per heavy atom. The van der Waals surface area contributed by atoms with Crippen molar-refractivity contribution < 1.29 is 4.74 Å². The lowest BCUT2D eigenvalue weighted by atomic mass is 9.79. The fourth-order valence-electron chi connectivity index (χ4n) is 2.55. The van der Waals surface area contributed by atoms with E-state index in [-0.39, 0.29) is 6.10 Å². The summed E-state index contributed by atoms with van der Waals surface area (Å²) in [4.78, 5) is 0. The van der Waals surface area contributed by atoms with Gasteiger partial charge in [0.15, 0.2) is 0 Å². The highest BCUT2D eigenvalue weighted by atomic mass is 35.5. The molecule has 0 aliphatic heterocycles. The number of halogens is 1. The topological polar surface area (TPSA) is 9.23 Å². The van der Waals surface area contributed by atoms with Crippen molar-refractivity contribution in [3.05, 3.63) is 28.8 Å². The minimum atomic E-state index is 0.267. The average molecular weight is 307 g/mol. The lowest BCUT2D eigenvalue weighted by molar-refractivity contribution is 0.0693. The Hall–Kier alpha value is -1.13. The molecular weight excluding hydrogens is 280 g/mol. The van der Waals surface area contributed by atoms with Gasteiger partial charge in [-0.1, -0.05) is 58.1 Å². The minimum Gasteiger partial charge on any atom is -0.489 e. The maximum Gasteiger partial charge on any atom is 0.138 e. The van der Waals surface area contributed by atoms with Crippen molar-refractivity contribution in [2.45, 2.75) is 59.5 Å². The van der Waals surface area contributed by atoms with E-state index in [0.717, 1.165) is 17.7 Å². The Morgan fingerprint density at radius 1 is 1.29 bits per heavy atom. The molecule has 0 amide bonds. The van der Waals surface area contributed by atoms with Gasteiger partial charge in [0.1, 0.15) is 11.9 Å². The Morgan fingerprint density at radius 2 is 1.95 bits per heavy atom. The van der Waals surface area contributed by atoms with Crippen LogP contribution in [0.15, 0.2) is 18.2 Å². The number of terminal acetylenes is 1.